The van der Waals surface area contributed by atoms with Gasteiger partial charge >= 0.3 is 0 Å². The van der Waals surface area contributed by atoms with Crippen molar-refractivity contribution in [3.8, 4) is 0 Å². The van der Waals surface area contributed by atoms with Crippen LogP contribution in [0.3, 0.4) is 0 Å². The predicted molar refractivity (Wildman–Crippen MR) is 93.2 cm³/mol. The van der Waals surface area contributed by atoms with Gasteiger partial charge in [0.1, 0.15) is 0 Å². The van der Waals surface area contributed by atoms with Crippen molar-refractivity contribution in [3.05, 3.63) is 42.5 Å². The average molecular weight is 285 g/mol. The first kappa shape index (κ1) is 14.8. The Morgan fingerprint density at radius 2 is 1.62 bits per heavy atom. The fraction of sp³-hybridized carbons (Fsp3) is 0.250. The van der Waals surface area contributed by atoms with Crippen LogP contribution in [0.4, 0.5) is 28.4 Å². The molecule has 0 aliphatic carbocycles. The van der Waals surface area contributed by atoms with Gasteiger partial charge in [-0.2, -0.15) is 0 Å². The van der Waals surface area contributed by atoms with Crippen molar-refractivity contribution in [2.24, 2.45) is 0 Å². The summed E-state index contributed by atoms with van der Waals surface area (Å²) in [6.45, 7) is 0. The van der Waals surface area contributed by atoms with Crippen LogP contribution in [0.15, 0.2) is 42.5 Å². The highest BCUT2D eigenvalue weighted by molar-refractivity contribution is 5.91. The number of hydrogen-bond acceptors (Lipinski definition) is 5. The summed E-state index contributed by atoms with van der Waals surface area (Å²) in [4.78, 5) is 2.06. The summed E-state index contributed by atoms with van der Waals surface area (Å²) in [5.74, 6) is 0. The molecule has 2 aromatic carbocycles. The Hall–Kier alpha value is -2.56. The van der Waals surface area contributed by atoms with Gasteiger partial charge in [-0.1, -0.05) is 18.2 Å². The van der Waals surface area contributed by atoms with Crippen molar-refractivity contribution in [2.45, 2.75) is 0 Å². The molecule has 2 aromatic rings. The van der Waals surface area contributed by atoms with Crippen molar-refractivity contribution in [1.82, 2.24) is 0 Å². The van der Waals surface area contributed by atoms with E-state index >= 15 is 0 Å². The van der Waals surface area contributed by atoms with Gasteiger partial charge in [0.05, 0.1) is 28.4 Å². The molecule has 0 unspecified atom stereocenters. The van der Waals surface area contributed by atoms with Gasteiger partial charge in [0, 0.05) is 28.2 Å². The zero-order valence-electron chi connectivity index (χ0n) is 13.0. The lowest BCUT2D eigenvalue weighted by molar-refractivity contribution is 1.06. The Labute approximate surface area is 126 Å². The van der Waals surface area contributed by atoms with Gasteiger partial charge in [-0.15, -0.1) is 0 Å². The van der Waals surface area contributed by atoms with E-state index in [1.54, 1.807) is 0 Å². The number of benzene rings is 2. The van der Waals surface area contributed by atoms with Crippen LogP contribution in [0.1, 0.15) is 0 Å². The molecule has 5 nitrogen and oxygen atoms in total. The number of para-hydroxylation sites is 1. The first-order valence-electron chi connectivity index (χ1n) is 6.87. The summed E-state index contributed by atoms with van der Waals surface area (Å²) in [5, 5.41) is 5.17. The maximum atomic E-state index is 6.06. The van der Waals surface area contributed by atoms with E-state index in [0.29, 0.717) is 0 Å². The van der Waals surface area contributed by atoms with Gasteiger partial charge in [-0.3, -0.25) is 10.4 Å². The minimum Gasteiger partial charge on any atom is -0.397 e. The molecular formula is C16H23N5. The lowest BCUT2D eigenvalue weighted by atomic mass is 10.1. The maximum absolute atomic E-state index is 6.06. The molecule has 0 fully saturated rings. The van der Waals surface area contributed by atoms with Crippen LogP contribution in [0.25, 0.3) is 0 Å². The second kappa shape index (κ2) is 6.26. The maximum Gasteiger partial charge on any atom is 0.0874 e. The summed E-state index contributed by atoms with van der Waals surface area (Å²) >= 11 is 0. The van der Waals surface area contributed by atoms with Crippen LogP contribution in [0.2, 0.25) is 0 Å². The number of hydrazine groups is 1. The van der Waals surface area contributed by atoms with E-state index in [2.05, 4.69) is 15.6 Å². The molecule has 0 saturated heterocycles. The van der Waals surface area contributed by atoms with E-state index in [4.69, 9.17) is 5.73 Å². The van der Waals surface area contributed by atoms with Crippen LogP contribution in [-0.2, 0) is 0 Å². The highest BCUT2D eigenvalue weighted by Crippen LogP contribution is 2.39. The fourth-order valence-corrected chi connectivity index (χ4v) is 2.35. The summed E-state index contributed by atoms with van der Waals surface area (Å²) in [7, 11) is 7.89. The van der Waals surface area contributed by atoms with Gasteiger partial charge in [-0.05, 0) is 24.3 Å². The van der Waals surface area contributed by atoms with Crippen LogP contribution < -0.4 is 26.4 Å². The number of anilines is 5. The topological polar surface area (TPSA) is 56.6 Å². The van der Waals surface area contributed by atoms with Gasteiger partial charge in [0.15, 0.2) is 0 Å². The Morgan fingerprint density at radius 3 is 2.19 bits per heavy atom. The molecule has 0 saturated carbocycles. The quantitative estimate of drug-likeness (QED) is 0.582. The summed E-state index contributed by atoms with van der Waals surface area (Å²) in [6.07, 6.45) is 0. The standard InChI is InChI=1S/C16H23N5/c1-18-15-13(17)10-11-14(16(15)20(2)3)21(4)19-12-8-6-5-7-9-12/h5-11,18-19H,17H2,1-4H3. The van der Waals surface area contributed by atoms with Crippen LogP contribution in [0.5, 0.6) is 0 Å². The highest BCUT2D eigenvalue weighted by atomic mass is 15.5. The molecule has 0 aromatic heterocycles. The third kappa shape index (κ3) is 3.13. The number of nitrogens with two attached hydrogens (primary N) is 1. The number of nitrogens with zero attached hydrogens (tertiary/aromatic N) is 2. The van der Waals surface area contributed by atoms with Gasteiger partial charge in [0.25, 0.3) is 0 Å². The van der Waals surface area contributed by atoms with E-state index < -0.39 is 0 Å². The summed E-state index contributed by atoms with van der Waals surface area (Å²) < 4.78 is 0. The molecule has 4 N–H and O–H groups in total. The van der Waals surface area contributed by atoms with Crippen molar-refractivity contribution in [3.63, 3.8) is 0 Å². The van der Waals surface area contributed by atoms with E-state index in [1.165, 1.54) is 0 Å². The van der Waals surface area contributed by atoms with Crippen LogP contribution in [-0.4, -0.2) is 28.2 Å². The highest BCUT2D eigenvalue weighted by Gasteiger charge is 2.16. The van der Waals surface area contributed by atoms with Crippen molar-refractivity contribution in [1.29, 1.82) is 0 Å². The van der Waals surface area contributed by atoms with Crippen molar-refractivity contribution >= 4 is 28.4 Å². The molecule has 112 valence electrons. The molecule has 0 atom stereocenters. The SMILES string of the molecule is CNc1c(N)ccc(N(C)Nc2ccccc2)c1N(C)C. The number of hydrogen-bond donors (Lipinski definition) is 3. The van der Waals surface area contributed by atoms with E-state index in [1.807, 2.05) is 75.7 Å². The fourth-order valence-electron chi connectivity index (χ4n) is 2.35. The Morgan fingerprint density at radius 1 is 0.952 bits per heavy atom. The normalized spacial score (nSPS) is 10.1. The van der Waals surface area contributed by atoms with E-state index in [-0.39, 0.29) is 0 Å². The predicted octanol–water partition coefficient (Wildman–Crippen LogP) is 2.84. The minimum atomic E-state index is 0.734. The molecule has 0 spiro atoms. The van der Waals surface area contributed by atoms with Crippen LogP contribution >= 0.6 is 0 Å². The molecular weight excluding hydrogens is 262 g/mol. The zero-order valence-corrected chi connectivity index (χ0v) is 13.0. The average Bonchev–Trinajstić information content (AvgIpc) is 2.47. The van der Waals surface area contributed by atoms with Gasteiger partial charge in [0.2, 0.25) is 0 Å². The lowest BCUT2D eigenvalue weighted by Crippen LogP contribution is -2.27. The van der Waals surface area contributed by atoms with Gasteiger partial charge < -0.3 is 16.0 Å². The number of nitrogen functional groups attached to an aromatic ring is 1. The molecule has 0 amide bonds. The Bertz CT molecular complexity index is 595. The van der Waals surface area contributed by atoms with Crippen molar-refractivity contribution < 1.29 is 0 Å². The smallest absolute Gasteiger partial charge is 0.0874 e. The zero-order chi connectivity index (χ0) is 15.4. The molecule has 0 aliphatic rings. The van der Waals surface area contributed by atoms with Crippen LogP contribution in [0, 0.1) is 0 Å². The molecule has 0 radical (unpaired) electrons. The third-order valence-corrected chi connectivity index (χ3v) is 3.32. The molecule has 0 heterocycles. The molecule has 5 heteroatoms. The van der Waals surface area contributed by atoms with E-state index in [9.17, 15) is 0 Å². The van der Waals surface area contributed by atoms with E-state index in [0.717, 1.165) is 28.4 Å². The second-order valence-corrected chi connectivity index (χ2v) is 5.08. The molecule has 0 aliphatic heterocycles. The second-order valence-electron chi connectivity index (χ2n) is 5.08. The third-order valence-electron chi connectivity index (χ3n) is 3.32. The number of rotatable bonds is 5. The Kier molecular flexibility index (Phi) is 4.42. The minimum absolute atomic E-state index is 0.734. The monoisotopic (exact) mass is 285 g/mol. The van der Waals surface area contributed by atoms with Gasteiger partial charge in [-0.25, -0.2) is 0 Å². The summed E-state index contributed by atoms with van der Waals surface area (Å²) in [6, 6.07) is 14.0. The largest absolute Gasteiger partial charge is 0.397 e. The first-order chi connectivity index (χ1) is 10.0. The first-order valence-corrected chi connectivity index (χ1v) is 6.87. The molecule has 21 heavy (non-hydrogen) atoms. The number of nitrogens with one attached hydrogen (secondary N) is 2. The summed E-state index contributed by atoms with van der Waals surface area (Å²) in [5.41, 5.74) is 14.2. The molecule has 2 rings (SSSR count). The lowest BCUT2D eigenvalue weighted by Gasteiger charge is -2.29. The van der Waals surface area contributed by atoms with Crippen molar-refractivity contribution in [2.75, 3.05) is 54.6 Å². The molecule has 0 bridgehead atoms. The Balaban J connectivity index is 2.38.